The Morgan fingerprint density at radius 2 is 1.63 bits per heavy atom. The van der Waals surface area contributed by atoms with Crippen LogP contribution in [-0.4, -0.2) is 31.5 Å². The van der Waals surface area contributed by atoms with Crippen LogP contribution in [0.4, 0.5) is 0 Å². The molecular weight excluding hydrogens is 303 g/mol. The number of halogens is 2. The third-order valence-corrected chi connectivity index (χ3v) is 8.15. The fraction of sp³-hybridized carbons (Fsp3) is 0.667. The highest BCUT2D eigenvalue weighted by Gasteiger charge is 2.36. The maximum Gasteiger partial charge on any atom is 0.319 e. The van der Waals surface area contributed by atoms with E-state index in [0.717, 1.165) is 0 Å². The van der Waals surface area contributed by atoms with Gasteiger partial charge >= 0.3 is 6.01 Å². The lowest BCUT2D eigenvalue weighted by molar-refractivity contribution is 0.194. The van der Waals surface area contributed by atoms with Crippen molar-refractivity contribution in [2.24, 2.45) is 0 Å². The first-order valence-corrected chi connectivity index (χ1v) is 9.75. The van der Waals surface area contributed by atoms with Crippen LogP contribution in [0.25, 0.3) is 0 Å². The normalized spacial score (nSPS) is 12.6. The third kappa shape index (κ3) is 5.26. The second kappa shape index (κ2) is 6.39. The second-order valence-electron chi connectivity index (χ2n) is 5.75. The van der Waals surface area contributed by atoms with Crippen molar-refractivity contribution in [2.75, 3.05) is 13.2 Å². The van der Waals surface area contributed by atoms with Gasteiger partial charge in [-0.15, -0.1) is 0 Å². The van der Waals surface area contributed by atoms with Crippen LogP contribution in [0.5, 0.6) is 6.01 Å². The van der Waals surface area contributed by atoms with Crippen LogP contribution in [-0.2, 0) is 4.43 Å². The van der Waals surface area contributed by atoms with Gasteiger partial charge in [-0.1, -0.05) is 44.0 Å². The first-order valence-electron chi connectivity index (χ1n) is 6.09. The number of nitrogens with zero attached hydrogens (tertiary/aromatic N) is 2. The predicted octanol–water partition coefficient (Wildman–Crippen LogP) is 4.18. The molecule has 0 atom stereocenters. The Bertz CT molecular complexity index is 416. The van der Waals surface area contributed by atoms with Gasteiger partial charge in [-0.05, 0) is 18.1 Å². The summed E-state index contributed by atoms with van der Waals surface area (Å²) in [7, 11) is -1.74. The lowest BCUT2D eigenvalue weighted by atomic mass is 10.2. The molecule has 1 aromatic heterocycles. The molecule has 0 N–H and O–H groups in total. The van der Waals surface area contributed by atoms with Crippen LogP contribution in [0.2, 0.25) is 28.4 Å². The van der Waals surface area contributed by atoms with Gasteiger partial charge in [0.25, 0.3) is 0 Å². The molecule has 0 saturated carbocycles. The fourth-order valence-electron chi connectivity index (χ4n) is 1.08. The average Bonchev–Trinajstić information content (AvgIpc) is 2.21. The zero-order valence-corrected chi connectivity index (χ0v) is 14.5. The van der Waals surface area contributed by atoms with Gasteiger partial charge in [-0.25, -0.2) is 0 Å². The molecule has 0 fully saturated rings. The van der Waals surface area contributed by atoms with Crippen LogP contribution in [0.15, 0.2) is 6.07 Å². The largest absolute Gasteiger partial charge is 0.461 e. The predicted molar refractivity (Wildman–Crippen MR) is 80.7 cm³/mol. The molecule has 0 unspecified atom stereocenters. The van der Waals surface area contributed by atoms with E-state index >= 15 is 0 Å². The van der Waals surface area contributed by atoms with Gasteiger partial charge in [0.15, 0.2) is 8.32 Å². The monoisotopic (exact) mass is 322 g/mol. The highest BCUT2D eigenvalue weighted by molar-refractivity contribution is 6.74. The molecule has 0 saturated heterocycles. The lowest BCUT2D eigenvalue weighted by Gasteiger charge is -2.36. The van der Waals surface area contributed by atoms with Gasteiger partial charge in [-0.3, -0.25) is 0 Å². The second-order valence-corrected chi connectivity index (χ2v) is 11.3. The molecule has 0 radical (unpaired) electrons. The summed E-state index contributed by atoms with van der Waals surface area (Å²) < 4.78 is 11.4. The van der Waals surface area contributed by atoms with E-state index in [2.05, 4.69) is 43.8 Å². The van der Waals surface area contributed by atoms with E-state index in [9.17, 15) is 0 Å². The minimum Gasteiger partial charge on any atom is -0.461 e. The Morgan fingerprint density at radius 1 is 1.11 bits per heavy atom. The molecule has 0 bridgehead atoms. The molecule has 0 aromatic carbocycles. The summed E-state index contributed by atoms with van der Waals surface area (Å²) in [6.07, 6.45) is 0. The van der Waals surface area contributed by atoms with E-state index in [0.29, 0.717) is 13.2 Å². The Hall–Kier alpha value is -0.363. The van der Waals surface area contributed by atoms with Crippen molar-refractivity contribution in [2.45, 2.75) is 38.9 Å². The third-order valence-electron chi connectivity index (χ3n) is 3.23. The number of hydrogen-bond acceptors (Lipinski definition) is 4. The van der Waals surface area contributed by atoms with Gasteiger partial charge < -0.3 is 9.16 Å². The van der Waals surface area contributed by atoms with Gasteiger partial charge in [0.1, 0.15) is 16.9 Å². The van der Waals surface area contributed by atoms with E-state index in [4.69, 9.17) is 32.4 Å². The van der Waals surface area contributed by atoms with Gasteiger partial charge in [-0.2, -0.15) is 9.97 Å². The highest BCUT2D eigenvalue weighted by Crippen LogP contribution is 2.36. The molecule has 4 nitrogen and oxygen atoms in total. The van der Waals surface area contributed by atoms with Crippen LogP contribution < -0.4 is 4.74 Å². The van der Waals surface area contributed by atoms with Crippen molar-refractivity contribution < 1.29 is 9.16 Å². The Balaban J connectivity index is 2.43. The average molecular weight is 323 g/mol. The molecule has 1 heterocycles. The number of hydrogen-bond donors (Lipinski definition) is 0. The molecule has 0 aliphatic heterocycles. The van der Waals surface area contributed by atoms with Crippen LogP contribution in [0.1, 0.15) is 20.8 Å². The lowest BCUT2D eigenvalue weighted by Crippen LogP contribution is -2.41. The minimum absolute atomic E-state index is 0.177. The summed E-state index contributed by atoms with van der Waals surface area (Å²) in [5, 5.41) is 0.712. The summed E-state index contributed by atoms with van der Waals surface area (Å²) in [4.78, 5) is 7.84. The summed E-state index contributed by atoms with van der Waals surface area (Å²) >= 11 is 11.5. The maximum atomic E-state index is 5.97. The Labute approximate surface area is 125 Å². The highest BCUT2D eigenvalue weighted by atomic mass is 35.5. The van der Waals surface area contributed by atoms with Gasteiger partial charge in [0, 0.05) is 6.07 Å². The van der Waals surface area contributed by atoms with Crippen molar-refractivity contribution in [3.8, 4) is 6.01 Å². The molecule has 0 aliphatic carbocycles. The first kappa shape index (κ1) is 16.7. The summed E-state index contributed by atoms with van der Waals surface area (Å²) in [6, 6.07) is 1.64. The molecule has 1 aromatic rings. The van der Waals surface area contributed by atoms with E-state index in [-0.39, 0.29) is 21.4 Å². The van der Waals surface area contributed by atoms with Crippen LogP contribution in [0, 0.1) is 0 Å². The number of ether oxygens (including phenoxy) is 1. The number of aromatic nitrogens is 2. The standard InChI is InChI=1S/C12H20Cl2N2O2Si/c1-12(2,3)19(4,5)18-7-6-17-11-15-9(13)8-10(14)16-11/h8H,6-7H2,1-5H3. The smallest absolute Gasteiger partial charge is 0.319 e. The van der Waals surface area contributed by atoms with Gasteiger partial charge in [0.2, 0.25) is 0 Å². The first-order chi connectivity index (χ1) is 8.62. The summed E-state index contributed by atoms with van der Waals surface area (Å²) in [6.45, 7) is 11.9. The van der Waals surface area contributed by atoms with Crippen LogP contribution >= 0.6 is 23.2 Å². The van der Waals surface area contributed by atoms with Crippen molar-refractivity contribution >= 4 is 31.5 Å². The molecular formula is C12H20Cl2N2O2Si. The van der Waals surface area contributed by atoms with E-state index in [1.807, 2.05) is 0 Å². The maximum absolute atomic E-state index is 5.97. The Kier molecular flexibility index (Phi) is 5.61. The summed E-state index contributed by atoms with van der Waals surface area (Å²) in [5.41, 5.74) is 0. The van der Waals surface area contributed by atoms with Gasteiger partial charge in [0.05, 0.1) is 6.61 Å². The van der Waals surface area contributed by atoms with Crippen molar-refractivity contribution in [1.29, 1.82) is 0 Å². The molecule has 0 aliphatic rings. The quantitative estimate of drug-likeness (QED) is 0.463. The van der Waals surface area contributed by atoms with E-state index in [1.165, 1.54) is 6.07 Å². The molecule has 108 valence electrons. The van der Waals surface area contributed by atoms with Crippen molar-refractivity contribution in [3.05, 3.63) is 16.4 Å². The molecule has 1 rings (SSSR count). The summed E-state index contributed by atoms with van der Waals surface area (Å²) in [5.74, 6) is 0. The molecule has 0 spiro atoms. The zero-order valence-electron chi connectivity index (χ0n) is 12.0. The van der Waals surface area contributed by atoms with Crippen molar-refractivity contribution in [1.82, 2.24) is 9.97 Å². The molecule has 0 amide bonds. The molecule has 19 heavy (non-hydrogen) atoms. The SMILES string of the molecule is CC(C)(C)[Si](C)(C)OCCOc1nc(Cl)cc(Cl)n1. The topological polar surface area (TPSA) is 44.2 Å². The van der Waals surface area contributed by atoms with E-state index < -0.39 is 8.32 Å². The zero-order chi connectivity index (χ0) is 14.7. The van der Waals surface area contributed by atoms with Crippen molar-refractivity contribution in [3.63, 3.8) is 0 Å². The van der Waals surface area contributed by atoms with Crippen LogP contribution in [0.3, 0.4) is 0 Å². The molecule has 7 heteroatoms. The number of rotatable bonds is 5. The van der Waals surface area contributed by atoms with E-state index in [1.54, 1.807) is 0 Å². The minimum atomic E-state index is -1.74. The Morgan fingerprint density at radius 3 is 2.11 bits per heavy atom. The fourth-order valence-corrected chi connectivity index (χ4v) is 2.52.